The highest BCUT2D eigenvalue weighted by molar-refractivity contribution is 5.94. The summed E-state index contributed by atoms with van der Waals surface area (Å²) in [5.74, 6) is -0.0685. The second kappa shape index (κ2) is 3.92. The van der Waals surface area contributed by atoms with Crippen LogP contribution < -0.4 is 14.4 Å². The third kappa shape index (κ3) is 1.64. The van der Waals surface area contributed by atoms with E-state index >= 15 is 0 Å². The summed E-state index contributed by atoms with van der Waals surface area (Å²) in [5.41, 5.74) is 0.893. The molecule has 0 aliphatic carbocycles. The molecule has 0 bridgehead atoms. The van der Waals surface area contributed by atoms with E-state index in [2.05, 4.69) is 0 Å². The van der Waals surface area contributed by atoms with Gasteiger partial charge in [-0.2, -0.15) is 0 Å². The van der Waals surface area contributed by atoms with Gasteiger partial charge in [-0.3, -0.25) is 0 Å². The van der Waals surface area contributed by atoms with Crippen molar-refractivity contribution >= 4 is 11.7 Å². The number of methoxy groups -OCH3 is 1. The molecule has 1 aromatic carbocycles. The maximum Gasteiger partial charge on any atom is 0.339 e. The molecule has 0 aromatic heterocycles. The van der Waals surface area contributed by atoms with Gasteiger partial charge >= 0.3 is 5.97 Å². The number of carboxylic acid groups (broad SMARTS) is 1. The number of nitrogens with zero attached hydrogens (tertiary/aromatic N) is 1. The summed E-state index contributed by atoms with van der Waals surface area (Å²) in [7, 11) is 3.41. The quantitative estimate of drug-likeness (QED) is 0.817. The molecule has 5 nitrogen and oxygen atoms in total. The van der Waals surface area contributed by atoms with Crippen molar-refractivity contribution < 1.29 is 19.4 Å². The number of carboxylic acids is 1. The van der Waals surface area contributed by atoms with Gasteiger partial charge in [-0.05, 0) is 6.07 Å². The van der Waals surface area contributed by atoms with Gasteiger partial charge < -0.3 is 19.5 Å². The van der Waals surface area contributed by atoms with Crippen molar-refractivity contribution in [3.63, 3.8) is 0 Å². The van der Waals surface area contributed by atoms with Crippen molar-refractivity contribution in [2.75, 3.05) is 32.2 Å². The molecular weight excluding hydrogens is 210 g/mol. The van der Waals surface area contributed by atoms with Crippen LogP contribution in [-0.4, -0.2) is 38.4 Å². The Hall–Kier alpha value is -1.91. The normalized spacial score (nSPS) is 14.0. The Bertz CT molecular complexity index is 430. The summed E-state index contributed by atoms with van der Waals surface area (Å²) < 4.78 is 10.5. The van der Waals surface area contributed by atoms with E-state index in [-0.39, 0.29) is 5.56 Å². The number of likely N-dealkylation sites (N-methyl/N-ethyl adjacent to an activating group) is 1. The van der Waals surface area contributed by atoms with Gasteiger partial charge in [0.1, 0.15) is 17.9 Å². The predicted molar refractivity (Wildman–Crippen MR) is 58.7 cm³/mol. The molecule has 0 amide bonds. The first-order valence-electron chi connectivity index (χ1n) is 4.92. The highest BCUT2D eigenvalue weighted by atomic mass is 16.5. The zero-order valence-corrected chi connectivity index (χ0v) is 9.19. The zero-order valence-electron chi connectivity index (χ0n) is 9.19. The van der Waals surface area contributed by atoms with Gasteiger partial charge in [0.15, 0.2) is 5.75 Å². The highest BCUT2D eigenvalue weighted by Crippen LogP contribution is 2.37. The van der Waals surface area contributed by atoms with Gasteiger partial charge in [0.05, 0.1) is 19.3 Å². The summed E-state index contributed by atoms with van der Waals surface area (Å²) in [4.78, 5) is 13.0. The van der Waals surface area contributed by atoms with Crippen LogP contribution in [-0.2, 0) is 0 Å². The third-order valence-corrected chi connectivity index (χ3v) is 2.59. The minimum absolute atomic E-state index is 0.140. The Kier molecular flexibility index (Phi) is 2.60. The molecular formula is C11H13NO4. The molecule has 0 saturated heterocycles. The molecule has 86 valence electrons. The number of rotatable bonds is 2. The number of benzene rings is 1. The van der Waals surface area contributed by atoms with Crippen molar-refractivity contribution in [2.45, 2.75) is 0 Å². The fourth-order valence-electron chi connectivity index (χ4n) is 1.70. The Labute approximate surface area is 93.2 Å². The number of carbonyl (C=O) groups is 1. The molecule has 0 radical (unpaired) electrons. The van der Waals surface area contributed by atoms with Crippen molar-refractivity contribution in [3.05, 3.63) is 17.7 Å². The molecule has 5 heteroatoms. The molecule has 0 unspecified atom stereocenters. The number of hydrogen-bond acceptors (Lipinski definition) is 4. The topological polar surface area (TPSA) is 59.0 Å². The Balaban J connectivity index is 2.60. The lowest BCUT2D eigenvalue weighted by Gasteiger charge is -2.28. The largest absolute Gasteiger partial charge is 0.497 e. The maximum absolute atomic E-state index is 11.1. The molecule has 2 rings (SSSR count). The first-order valence-corrected chi connectivity index (χ1v) is 4.92. The summed E-state index contributed by atoms with van der Waals surface area (Å²) in [6, 6.07) is 3.25. The fourth-order valence-corrected chi connectivity index (χ4v) is 1.70. The van der Waals surface area contributed by atoms with Gasteiger partial charge in [0.25, 0.3) is 0 Å². The van der Waals surface area contributed by atoms with E-state index in [1.54, 1.807) is 6.07 Å². The number of aromatic carboxylic acids is 1. The monoisotopic (exact) mass is 223 g/mol. The molecule has 1 aliphatic rings. The Morgan fingerprint density at radius 1 is 1.56 bits per heavy atom. The average molecular weight is 223 g/mol. The highest BCUT2D eigenvalue weighted by Gasteiger charge is 2.23. The maximum atomic E-state index is 11.1. The Morgan fingerprint density at radius 3 is 2.94 bits per heavy atom. The van der Waals surface area contributed by atoms with Crippen LogP contribution in [0.25, 0.3) is 0 Å². The van der Waals surface area contributed by atoms with Crippen LogP contribution in [0.15, 0.2) is 12.1 Å². The minimum atomic E-state index is -1.01. The first-order chi connectivity index (χ1) is 7.63. The summed E-state index contributed by atoms with van der Waals surface area (Å²) in [6.07, 6.45) is 0. The lowest BCUT2D eigenvalue weighted by Crippen LogP contribution is -2.29. The van der Waals surface area contributed by atoms with Gasteiger partial charge in [0, 0.05) is 13.1 Å². The van der Waals surface area contributed by atoms with Crippen LogP contribution in [0.3, 0.4) is 0 Å². The molecule has 0 fully saturated rings. The molecule has 0 spiro atoms. The SMILES string of the molecule is COc1cc(C(=O)O)c2c(c1)N(C)CCO2. The molecule has 1 heterocycles. The van der Waals surface area contributed by atoms with Crippen molar-refractivity contribution in [3.8, 4) is 11.5 Å². The number of anilines is 1. The van der Waals surface area contributed by atoms with Crippen LogP contribution >= 0.6 is 0 Å². The summed E-state index contributed by atoms with van der Waals surface area (Å²) in [6.45, 7) is 1.23. The molecule has 1 aromatic rings. The first kappa shape index (κ1) is 10.6. The van der Waals surface area contributed by atoms with E-state index < -0.39 is 5.97 Å². The van der Waals surface area contributed by atoms with Crippen molar-refractivity contribution in [1.29, 1.82) is 0 Å². The van der Waals surface area contributed by atoms with E-state index in [0.29, 0.717) is 18.1 Å². The number of hydrogen-bond donors (Lipinski definition) is 1. The third-order valence-electron chi connectivity index (χ3n) is 2.59. The molecule has 1 N–H and O–H groups in total. The van der Waals surface area contributed by atoms with Crippen LogP contribution in [0.5, 0.6) is 11.5 Å². The standard InChI is InChI=1S/C11H13NO4/c1-12-3-4-16-10-8(11(13)14)5-7(15-2)6-9(10)12/h5-6H,3-4H2,1-2H3,(H,13,14). The van der Waals surface area contributed by atoms with E-state index in [9.17, 15) is 4.79 Å². The number of ether oxygens (including phenoxy) is 2. The van der Waals surface area contributed by atoms with E-state index in [1.807, 2.05) is 11.9 Å². The fraction of sp³-hybridized carbons (Fsp3) is 0.364. The number of fused-ring (bicyclic) bond motifs is 1. The van der Waals surface area contributed by atoms with Gasteiger partial charge in [-0.25, -0.2) is 4.79 Å². The molecule has 0 saturated carbocycles. The lowest BCUT2D eigenvalue weighted by molar-refractivity contribution is 0.0691. The van der Waals surface area contributed by atoms with Crippen molar-refractivity contribution in [1.82, 2.24) is 0 Å². The van der Waals surface area contributed by atoms with Gasteiger partial charge in [0.2, 0.25) is 0 Å². The van der Waals surface area contributed by atoms with Crippen LogP contribution in [0.1, 0.15) is 10.4 Å². The Morgan fingerprint density at radius 2 is 2.31 bits per heavy atom. The predicted octanol–water partition coefficient (Wildman–Crippen LogP) is 1.22. The second-order valence-corrected chi connectivity index (χ2v) is 3.60. The van der Waals surface area contributed by atoms with Gasteiger partial charge in [-0.15, -0.1) is 0 Å². The molecule has 1 aliphatic heterocycles. The van der Waals surface area contributed by atoms with E-state index in [0.717, 1.165) is 12.2 Å². The lowest BCUT2D eigenvalue weighted by atomic mass is 10.1. The zero-order chi connectivity index (χ0) is 11.7. The second-order valence-electron chi connectivity index (χ2n) is 3.60. The minimum Gasteiger partial charge on any atom is -0.497 e. The smallest absolute Gasteiger partial charge is 0.339 e. The molecule has 16 heavy (non-hydrogen) atoms. The molecule has 0 atom stereocenters. The van der Waals surface area contributed by atoms with Gasteiger partial charge in [-0.1, -0.05) is 0 Å². The average Bonchev–Trinajstić information content (AvgIpc) is 2.28. The van der Waals surface area contributed by atoms with Crippen LogP contribution in [0.4, 0.5) is 5.69 Å². The van der Waals surface area contributed by atoms with Crippen LogP contribution in [0.2, 0.25) is 0 Å². The van der Waals surface area contributed by atoms with E-state index in [1.165, 1.54) is 13.2 Å². The van der Waals surface area contributed by atoms with Crippen molar-refractivity contribution in [2.24, 2.45) is 0 Å². The van der Waals surface area contributed by atoms with E-state index in [4.69, 9.17) is 14.6 Å². The summed E-state index contributed by atoms with van der Waals surface area (Å²) >= 11 is 0. The van der Waals surface area contributed by atoms with Crippen LogP contribution in [0, 0.1) is 0 Å². The summed E-state index contributed by atoms with van der Waals surface area (Å²) in [5, 5.41) is 9.09.